The fraction of sp³-hybridized carbons (Fsp3) is 0.333. The fourth-order valence-corrected chi connectivity index (χ4v) is 3.01. The summed E-state index contributed by atoms with van der Waals surface area (Å²) >= 11 is 0. The lowest BCUT2D eigenvalue weighted by atomic mass is 10.00. The van der Waals surface area contributed by atoms with E-state index >= 15 is 0 Å². The van der Waals surface area contributed by atoms with E-state index in [-0.39, 0.29) is 12.5 Å². The Kier molecular flexibility index (Phi) is 5.17. The molecule has 4 nitrogen and oxygen atoms in total. The summed E-state index contributed by atoms with van der Waals surface area (Å²) in [4.78, 5) is 26.2. The first-order valence-electron chi connectivity index (χ1n) is 8.66. The molecular weight excluding hydrogens is 314 g/mol. The van der Waals surface area contributed by atoms with Crippen molar-refractivity contribution in [1.29, 1.82) is 0 Å². The summed E-state index contributed by atoms with van der Waals surface area (Å²) in [6, 6.07) is 15.5. The van der Waals surface area contributed by atoms with E-state index in [4.69, 9.17) is 4.74 Å². The lowest BCUT2D eigenvalue weighted by Gasteiger charge is -2.28. The normalized spacial score (nSPS) is 13.5. The highest BCUT2D eigenvalue weighted by atomic mass is 16.5. The second-order valence-corrected chi connectivity index (χ2v) is 6.69. The molecule has 1 heterocycles. The number of amides is 1. The van der Waals surface area contributed by atoms with E-state index in [0.29, 0.717) is 24.6 Å². The molecule has 1 aliphatic heterocycles. The minimum atomic E-state index is -0.457. The molecule has 0 saturated carbocycles. The van der Waals surface area contributed by atoms with Gasteiger partial charge in [0.2, 0.25) is 0 Å². The smallest absolute Gasteiger partial charge is 0.338 e. The van der Waals surface area contributed by atoms with Crippen LogP contribution in [0.5, 0.6) is 0 Å². The molecule has 130 valence electrons. The maximum absolute atomic E-state index is 12.3. The van der Waals surface area contributed by atoms with Gasteiger partial charge in [-0.25, -0.2) is 4.79 Å². The van der Waals surface area contributed by atoms with Crippen LogP contribution in [0.4, 0.5) is 0 Å². The van der Waals surface area contributed by atoms with E-state index in [1.807, 2.05) is 30.3 Å². The monoisotopic (exact) mass is 337 g/mol. The van der Waals surface area contributed by atoms with Crippen molar-refractivity contribution in [1.82, 2.24) is 4.90 Å². The molecule has 25 heavy (non-hydrogen) atoms. The third kappa shape index (κ3) is 4.08. The number of hydrogen-bond acceptors (Lipinski definition) is 3. The molecule has 0 aliphatic carbocycles. The van der Waals surface area contributed by atoms with Crippen LogP contribution in [-0.4, -0.2) is 29.9 Å². The summed E-state index contributed by atoms with van der Waals surface area (Å²) in [6.45, 7) is 5.23. The highest BCUT2D eigenvalue weighted by Crippen LogP contribution is 2.19. The molecule has 0 aromatic heterocycles. The molecular formula is C21H23NO3. The van der Waals surface area contributed by atoms with Crippen LogP contribution in [0.15, 0.2) is 48.5 Å². The third-order valence-corrected chi connectivity index (χ3v) is 4.62. The van der Waals surface area contributed by atoms with Gasteiger partial charge in [-0.05, 0) is 41.2 Å². The Morgan fingerprint density at radius 1 is 1.04 bits per heavy atom. The Hall–Kier alpha value is -2.62. The first-order valence-corrected chi connectivity index (χ1v) is 8.66. The topological polar surface area (TPSA) is 46.6 Å². The number of nitrogens with zero attached hydrogens (tertiary/aromatic N) is 1. The van der Waals surface area contributed by atoms with Crippen molar-refractivity contribution in [2.24, 2.45) is 0 Å². The Morgan fingerprint density at radius 2 is 1.72 bits per heavy atom. The standard InChI is InChI=1S/C21H23NO3/c1-15(2)16-7-9-18(10-8-16)21(24)25-14-20(23)22-12-11-17-5-3-4-6-19(17)13-22/h3-10,15H,11-14H2,1-2H3. The molecule has 4 heteroatoms. The van der Waals surface area contributed by atoms with Crippen molar-refractivity contribution >= 4 is 11.9 Å². The van der Waals surface area contributed by atoms with Crippen LogP contribution in [0.1, 0.15) is 46.8 Å². The van der Waals surface area contributed by atoms with E-state index in [1.54, 1.807) is 17.0 Å². The molecule has 0 atom stereocenters. The van der Waals surface area contributed by atoms with E-state index in [9.17, 15) is 9.59 Å². The van der Waals surface area contributed by atoms with Crippen molar-refractivity contribution in [2.75, 3.05) is 13.2 Å². The predicted molar refractivity (Wildman–Crippen MR) is 96.4 cm³/mol. The van der Waals surface area contributed by atoms with Crippen molar-refractivity contribution in [2.45, 2.75) is 32.7 Å². The quantitative estimate of drug-likeness (QED) is 0.802. The lowest BCUT2D eigenvalue weighted by molar-refractivity contribution is -0.135. The van der Waals surface area contributed by atoms with Crippen LogP contribution < -0.4 is 0 Å². The highest BCUT2D eigenvalue weighted by Gasteiger charge is 2.21. The first-order chi connectivity index (χ1) is 12.0. The van der Waals surface area contributed by atoms with Crippen LogP contribution in [0.3, 0.4) is 0 Å². The lowest BCUT2D eigenvalue weighted by Crippen LogP contribution is -2.38. The molecule has 0 fully saturated rings. The van der Waals surface area contributed by atoms with E-state index in [2.05, 4.69) is 19.9 Å². The number of carbonyl (C=O) groups is 2. The summed E-state index contributed by atoms with van der Waals surface area (Å²) in [7, 11) is 0. The van der Waals surface area contributed by atoms with Crippen LogP contribution >= 0.6 is 0 Å². The molecule has 0 bridgehead atoms. The summed E-state index contributed by atoms with van der Waals surface area (Å²) in [5.74, 6) is -0.198. The minimum absolute atomic E-state index is 0.151. The van der Waals surface area contributed by atoms with Gasteiger partial charge < -0.3 is 9.64 Å². The minimum Gasteiger partial charge on any atom is -0.452 e. The summed E-state index contributed by atoms with van der Waals surface area (Å²) in [6.07, 6.45) is 0.840. The molecule has 0 radical (unpaired) electrons. The summed E-state index contributed by atoms with van der Waals surface area (Å²) in [5.41, 5.74) is 4.09. The molecule has 1 amide bonds. The SMILES string of the molecule is CC(C)c1ccc(C(=O)OCC(=O)N2CCc3ccccc3C2)cc1. The summed E-state index contributed by atoms with van der Waals surface area (Å²) < 4.78 is 5.20. The maximum Gasteiger partial charge on any atom is 0.338 e. The van der Waals surface area contributed by atoms with Gasteiger partial charge in [-0.3, -0.25) is 4.79 Å². The van der Waals surface area contributed by atoms with Crippen LogP contribution in [0.2, 0.25) is 0 Å². The van der Waals surface area contributed by atoms with Gasteiger partial charge in [0.1, 0.15) is 0 Å². The average molecular weight is 337 g/mol. The van der Waals surface area contributed by atoms with E-state index in [0.717, 1.165) is 12.0 Å². The molecule has 0 N–H and O–H groups in total. The Bertz CT molecular complexity index is 765. The largest absolute Gasteiger partial charge is 0.452 e. The van der Waals surface area contributed by atoms with Crippen LogP contribution in [-0.2, 0) is 22.5 Å². The molecule has 1 aliphatic rings. The molecule has 0 unspecified atom stereocenters. The number of hydrogen-bond donors (Lipinski definition) is 0. The Balaban J connectivity index is 1.54. The molecule has 2 aromatic rings. The zero-order valence-electron chi connectivity index (χ0n) is 14.7. The second kappa shape index (κ2) is 7.51. The molecule has 0 spiro atoms. The van der Waals surface area contributed by atoms with Gasteiger partial charge >= 0.3 is 5.97 Å². The van der Waals surface area contributed by atoms with Gasteiger partial charge in [-0.1, -0.05) is 50.2 Å². The maximum atomic E-state index is 12.3. The Labute approximate surface area is 148 Å². The van der Waals surface area contributed by atoms with Crippen molar-refractivity contribution in [3.05, 3.63) is 70.8 Å². The average Bonchev–Trinajstić information content (AvgIpc) is 2.65. The first kappa shape index (κ1) is 17.2. The van der Waals surface area contributed by atoms with Gasteiger partial charge in [-0.2, -0.15) is 0 Å². The van der Waals surface area contributed by atoms with Crippen molar-refractivity contribution in [3.8, 4) is 0 Å². The number of benzene rings is 2. The molecule has 0 saturated heterocycles. The van der Waals surface area contributed by atoms with Gasteiger partial charge in [0, 0.05) is 13.1 Å². The summed E-state index contributed by atoms with van der Waals surface area (Å²) in [5, 5.41) is 0. The van der Waals surface area contributed by atoms with Gasteiger partial charge in [0.15, 0.2) is 6.61 Å². The number of carbonyl (C=O) groups excluding carboxylic acids is 2. The zero-order valence-corrected chi connectivity index (χ0v) is 14.7. The van der Waals surface area contributed by atoms with Gasteiger partial charge in [0.05, 0.1) is 5.56 Å². The predicted octanol–water partition coefficient (Wildman–Crippen LogP) is 3.55. The number of ether oxygens (including phenoxy) is 1. The zero-order chi connectivity index (χ0) is 17.8. The number of esters is 1. The second-order valence-electron chi connectivity index (χ2n) is 6.69. The number of rotatable bonds is 4. The number of fused-ring (bicyclic) bond motifs is 1. The third-order valence-electron chi connectivity index (χ3n) is 4.62. The Morgan fingerprint density at radius 3 is 2.40 bits per heavy atom. The van der Waals surface area contributed by atoms with Crippen LogP contribution in [0, 0.1) is 0 Å². The van der Waals surface area contributed by atoms with Crippen molar-refractivity contribution in [3.63, 3.8) is 0 Å². The van der Waals surface area contributed by atoms with Crippen molar-refractivity contribution < 1.29 is 14.3 Å². The highest BCUT2D eigenvalue weighted by molar-refractivity contribution is 5.91. The van der Waals surface area contributed by atoms with E-state index in [1.165, 1.54) is 11.1 Å². The molecule has 2 aromatic carbocycles. The van der Waals surface area contributed by atoms with E-state index < -0.39 is 5.97 Å². The molecule has 3 rings (SSSR count). The van der Waals surface area contributed by atoms with Crippen LogP contribution in [0.25, 0.3) is 0 Å². The van der Waals surface area contributed by atoms with Gasteiger partial charge in [-0.15, -0.1) is 0 Å². The fourth-order valence-electron chi connectivity index (χ4n) is 3.01. The van der Waals surface area contributed by atoms with Gasteiger partial charge in [0.25, 0.3) is 5.91 Å².